The van der Waals surface area contributed by atoms with Gasteiger partial charge in [-0.2, -0.15) is 0 Å². The minimum absolute atomic E-state index is 0.169. The summed E-state index contributed by atoms with van der Waals surface area (Å²) in [4.78, 5) is 20.4. The number of anilines is 3. The Morgan fingerprint density at radius 1 is 1.11 bits per heavy atom. The summed E-state index contributed by atoms with van der Waals surface area (Å²) in [6.45, 7) is 9.05. The van der Waals surface area contributed by atoms with Gasteiger partial charge in [-0.3, -0.25) is 0 Å². The zero-order valence-corrected chi connectivity index (χ0v) is 20.2. The summed E-state index contributed by atoms with van der Waals surface area (Å²) < 4.78 is 17.0. The number of aromatic nitrogens is 5. The maximum absolute atomic E-state index is 14.9. The Morgan fingerprint density at radius 3 is 2.71 bits per heavy atom. The van der Waals surface area contributed by atoms with E-state index in [9.17, 15) is 4.39 Å². The average molecular weight is 473 g/mol. The average Bonchev–Trinajstić information content (AvgIpc) is 3.49. The molecule has 1 saturated heterocycles. The summed E-state index contributed by atoms with van der Waals surface area (Å²) in [7, 11) is 0. The van der Waals surface area contributed by atoms with E-state index in [4.69, 9.17) is 0 Å². The lowest BCUT2D eigenvalue weighted by Gasteiger charge is -2.35. The Hall–Kier alpha value is -3.59. The molecule has 0 atom stereocenters. The first-order chi connectivity index (χ1) is 16.9. The second-order valence-electron chi connectivity index (χ2n) is 9.87. The molecule has 6 rings (SSSR count). The van der Waals surface area contributed by atoms with Crippen molar-refractivity contribution in [3.8, 4) is 11.3 Å². The lowest BCUT2D eigenvalue weighted by atomic mass is 10.1. The number of nitrogens with one attached hydrogen (secondary N) is 2. The molecule has 9 heteroatoms. The van der Waals surface area contributed by atoms with Crippen molar-refractivity contribution in [1.82, 2.24) is 29.8 Å². The van der Waals surface area contributed by atoms with Crippen LogP contribution in [-0.4, -0.2) is 49.7 Å². The van der Waals surface area contributed by atoms with E-state index >= 15 is 0 Å². The lowest BCUT2D eigenvalue weighted by molar-refractivity contribution is 0.442. The maximum atomic E-state index is 14.9. The molecule has 0 unspecified atom stereocenters. The van der Waals surface area contributed by atoms with E-state index in [1.54, 1.807) is 12.3 Å². The van der Waals surface area contributed by atoms with Crippen LogP contribution in [0.5, 0.6) is 0 Å². The van der Waals surface area contributed by atoms with Gasteiger partial charge in [0.1, 0.15) is 17.2 Å². The van der Waals surface area contributed by atoms with Crippen LogP contribution in [0.1, 0.15) is 38.6 Å². The predicted octanol–water partition coefficient (Wildman–Crippen LogP) is 4.60. The molecule has 2 aliphatic rings. The Labute approximate surface area is 203 Å². The SMILES string of the molecule is Cc1nc2c(F)cc(-c3ccnc(Nc4ccc(N5CCNC6(CC6)C5)cn4)n3)cc2n1C(C)C. The molecule has 1 saturated carbocycles. The van der Waals surface area contributed by atoms with Crippen molar-refractivity contribution in [1.29, 1.82) is 0 Å². The van der Waals surface area contributed by atoms with Gasteiger partial charge in [0.2, 0.25) is 5.95 Å². The molecule has 3 aromatic heterocycles. The third kappa shape index (κ3) is 4.10. The number of hydrogen-bond donors (Lipinski definition) is 2. The molecule has 1 aliphatic heterocycles. The van der Waals surface area contributed by atoms with Crippen molar-refractivity contribution in [3.63, 3.8) is 0 Å². The first kappa shape index (κ1) is 21.9. The topological polar surface area (TPSA) is 83.8 Å². The van der Waals surface area contributed by atoms with E-state index in [1.165, 1.54) is 18.9 Å². The number of nitrogens with zero attached hydrogens (tertiary/aromatic N) is 6. The van der Waals surface area contributed by atoms with Gasteiger partial charge in [-0.15, -0.1) is 0 Å². The minimum atomic E-state index is -0.355. The number of hydrogen-bond acceptors (Lipinski definition) is 7. The van der Waals surface area contributed by atoms with E-state index in [0.29, 0.717) is 34.1 Å². The van der Waals surface area contributed by atoms with E-state index in [1.807, 2.05) is 29.8 Å². The second kappa shape index (κ2) is 8.27. The highest BCUT2D eigenvalue weighted by molar-refractivity contribution is 5.83. The van der Waals surface area contributed by atoms with E-state index in [-0.39, 0.29) is 11.9 Å². The molecular formula is C26H29FN8. The van der Waals surface area contributed by atoms with Crippen LogP contribution >= 0.6 is 0 Å². The first-order valence-corrected chi connectivity index (χ1v) is 12.2. The predicted molar refractivity (Wildman–Crippen MR) is 136 cm³/mol. The number of fused-ring (bicyclic) bond motifs is 1. The van der Waals surface area contributed by atoms with Crippen molar-refractivity contribution in [2.45, 2.75) is 45.2 Å². The van der Waals surface area contributed by atoms with Gasteiger partial charge < -0.3 is 20.1 Å². The molecule has 35 heavy (non-hydrogen) atoms. The van der Waals surface area contributed by atoms with E-state index in [0.717, 1.165) is 36.7 Å². The van der Waals surface area contributed by atoms with Gasteiger partial charge >= 0.3 is 0 Å². The van der Waals surface area contributed by atoms with Crippen LogP contribution in [0, 0.1) is 12.7 Å². The standard InChI is InChI=1S/C26H29FN8/c1-16(2)35-17(3)31-24-20(27)12-18(13-22(24)35)21-6-9-28-25(32-21)33-23-5-4-19(14-29-23)34-11-10-30-26(15-34)7-8-26/h4-6,9,12-14,16,30H,7-8,10-11,15H2,1-3H3,(H,28,29,32,33). The number of pyridine rings is 1. The van der Waals surface area contributed by atoms with Crippen molar-refractivity contribution in [3.05, 3.63) is 54.4 Å². The normalized spacial score (nSPS) is 16.9. The van der Waals surface area contributed by atoms with Crippen LogP contribution in [0.2, 0.25) is 0 Å². The number of rotatable bonds is 5. The van der Waals surface area contributed by atoms with Crippen LogP contribution in [0.15, 0.2) is 42.7 Å². The van der Waals surface area contributed by atoms with Gasteiger partial charge in [-0.1, -0.05) is 0 Å². The van der Waals surface area contributed by atoms with Crippen molar-refractivity contribution in [2.75, 3.05) is 29.9 Å². The number of piperazine rings is 1. The van der Waals surface area contributed by atoms with Crippen LogP contribution in [-0.2, 0) is 0 Å². The number of aryl methyl sites for hydroxylation is 1. The molecule has 180 valence electrons. The molecule has 1 aliphatic carbocycles. The number of benzene rings is 1. The monoisotopic (exact) mass is 472 g/mol. The van der Waals surface area contributed by atoms with Crippen LogP contribution < -0.4 is 15.5 Å². The molecule has 2 N–H and O–H groups in total. The van der Waals surface area contributed by atoms with Crippen molar-refractivity contribution >= 4 is 28.5 Å². The smallest absolute Gasteiger partial charge is 0.228 e. The highest BCUT2D eigenvalue weighted by Gasteiger charge is 2.45. The van der Waals surface area contributed by atoms with Crippen LogP contribution in [0.25, 0.3) is 22.3 Å². The fourth-order valence-electron chi connectivity index (χ4n) is 5.07. The molecule has 8 nitrogen and oxygen atoms in total. The molecule has 4 aromatic rings. The summed E-state index contributed by atoms with van der Waals surface area (Å²) in [6.07, 6.45) is 6.06. The van der Waals surface area contributed by atoms with Gasteiger partial charge in [-0.05, 0) is 63.9 Å². The summed E-state index contributed by atoms with van der Waals surface area (Å²) in [5, 5.41) is 6.82. The third-order valence-corrected chi connectivity index (χ3v) is 6.97. The van der Waals surface area contributed by atoms with Gasteiger partial charge in [0, 0.05) is 43.0 Å². The second-order valence-corrected chi connectivity index (χ2v) is 9.87. The van der Waals surface area contributed by atoms with E-state index in [2.05, 4.69) is 55.4 Å². The molecule has 1 aromatic carbocycles. The van der Waals surface area contributed by atoms with Crippen LogP contribution in [0.3, 0.4) is 0 Å². The molecule has 4 heterocycles. The Morgan fingerprint density at radius 2 is 1.97 bits per heavy atom. The Bertz CT molecular complexity index is 1390. The fourth-order valence-corrected chi connectivity index (χ4v) is 5.07. The lowest BCUT2D eigenvalue weighted by Crippen LogP contribution is -2.52. The zero-order chi connectivity index (χ0) is 24.2. The highest BCUT2D eigenvalue weighted by atomic mass is 19.1. The summed E-state index contributed by atoms with van der Waals surface area (Å²) in [5.41, 5.74) is 3.89. The van der Waals surface area contributed by atoms with Gasteiger partial charge in [-0.25, -0.2) is 24.3 Å². The van der Waals surface area contributed by atoms with Gasteiger partial charge in [0.15, 0.2) is 5.82 Å². The van der Waals surface area contributed by atoms with Gasteiger partial charge in [0.25, 0.3) is 0 Å². The maximum Gasteiger partial charge on any atom is 0.228 e. The Kier molecular flexibility index (Phi) is 5.17. The molecule has 2 fully saturated rings. The number of halogens is 1. The quantitative estimate of drug-likeness (QED) is 0.439. The molecule has 0 amide bonds. The largest absolute Gasteiger partial charge is 0.367 e. The highest BCUT2D eigenvalue weighted by Crippen LogP contribution is 2.38. The van der Waals surface area contributed by atoms with Crippen molar-refractivity contribution < 1.29 is 4.39 Å². The van der Waals surface area contributed by atoms with Crippen LogP contribution in [0.4, 0.5) is 21.8 Å². The molecule has 0 bridgehead atoms. The van der Waals surface area contributed by atoms with Crippen molar-refractivity contribution in [2.24, 2.45) is 0 Å². The molecular weight excluding hydrogens is 443 g/mol. The molecule has 1 spiro atoms. The van der Waals surface area contributed by atoms with Gasteiger partial charge in [0.05, 0.1) is 23.1 Å². The molecule has 0 radical (unpaired) electrons. The zero-order valence-electron chi connectivity index (χ0n) is 20.2. The van der Waals surface area contributed by atoms with E-state index < -0.39 is 0 Å². The third-order valence-electron chi connectivity index (χ3n) is 6.97. The minimum Gasteiger partial charge on any atom is -0.367 e. The number of imidazole rings is 1. The summed E-state index contributed by atoms with van der Waals surface area (Å²) in [6, 6.07) is 9.41. The summed E-state index contributed by atoms with van der Waals surface area (Å²) >= 11 is 0. The summed E-state index contributed by atoms with van der Waals surface area (Å²) in [5.74, 6) is 1.51. The fraction of sp³-hybridized carbons (Fsp3) is 0.385. The first-order valence-electron chi connectivity index (χ1n) is 12.2. The Balaban J connectivity index is 1.24.